The van der Waals surface area contributed by atoms with Crippen LogP contribution in [0.25, 0.3) is 0 Å². The topological polar surface area (TPSA) is 84.2 Å². The molecule has 0 aromatic heterocycles. The second-order valence-electron chi connectivity index (χ2n) is 6.99. The summed E-state index contributed by atoms with van der Waals surface area (Å²) in [6, 6.07) is 4.69. The van der Waals surface area contributed by atoms with Crippen LogP contribution in [-0.4, -0.2) is 23.9 Å². The highest BCUT2D eigenvalue weighted by molar-refractivity contribution is 5.98. The van der Waals surface area contributed by atoms with E-state index in [4.69, 9.17) is 5.73 Å². The number of hydrogen-bond acceptors (Lipinski definition) is 3. The number of benzene rings is 1. The van der Waals surface area contributed by atoms with Gasteiger partial charge in [-0.05, 0) is 49.9 Å². The fourth-order valence-corrected chi connectivity index (χ4v) is 1.95. The number of nitrogens with two attached hydrogens (primary N) is 1. The molecule has 0 fully saturated rings. The van der Waals surface area contributed by atoms with Crippen molar-refractivity contribution in [3.8, 4) is 0 Å². The Morgan fingerprint density at radius 2 is 1.74 bits per heavy atom. The largest absolute Gasteiger partial charge is 0.350 e. The summed E-state index contributed by atoms with van der Waals surface area (Å²) in [6.07, 6.45) is 0. The second-order valence-corrected chi connectivity index (χ2v) is 6.99. The van der Waals surface area contributed by atoms with Crippen molar-refractivity contribution in [3.05, 3.63) is 29.3 Å². The summed E-state index contributed by atoms with van der Waals surface area (Å²) in [5, 5.41) is 5.65. The standard InChI is InChI=1S/C17H27N3O2.ClH/c1-10(2)19-15(21)13-8-7-12(9-11(13)3)20-16(22)14(18)17(4,5)6;/h7-10,14H,18H2,1-6H3,(H,19,21)(H,20,22);1H/t14-;/m1./s1. The van der Waals surface area contributed by atoms with Gasteiger partial charge in [-0.1, -0.05) is 20.8 Å². The van der Waals surface area contributed by atoms with E-state index in [1.54, 1.807) is 18.2 Å². The van der Waals surface area contributed by atoms with Gasteiger partial charge in [0.1, 0.15) is 0 Å². The number of carbonyl (C=O) groups excluding carboxylic acids is 2. The highest BCUT2D eigenvalue weighted by Crippen LogP contribution is 2.20. The Bertz CT molecular complexity index is 565. The fourth-order valence-electron chi connectivity index (χ4n) is 1.95. The van der Waals surface area contributed by atoms with Gasteiger partial charge in [0, 0.05) is 17.3 Å². The van der Waals surface area contributed by atoms with E-state index < -0.39 is 6.04 Å². The first kappa shape index (κ1) is 21.4. The minimum Gasteiger partial charge on any atom is -0.350 e. The summed E-state index contributed by atoms with van der Waals surface area (Å²) >= 11 is 0. The average Bonchev–Trinajstić information content (AvgIpc) is 2.35. The number of rotatable bonds is 4. The third kappa shape index (κ3) is 6.20. The number of amides is 2. The van der Waals surface area contributed by atoms with Gasteiger partial charge in [-0.25, -0.2) is 0 Å². The average molecular weight is 342 g/mol. The van der Waals surface area contributed by atoms with Crippen molar-refractivity contribution < 1.29 is 9.59 Å². The van der Waals surface area contributed by atoms with Crippen molar-refractivity contribution in [1.82, 2.24) is 5.32 Å². The van der Waals surface area contributed by atoms with Gasteiger partial charge in [0.05, 0.1) is 6.04 Å². The lowest BCUT2D eigenvalue weighted by atomic mass is 9.87. The molecular formula is C17H28ClN3O2. The minimum atomic E-state index is -0.600. The number of carbonyl (C=O) groups is 2. The van der Waals surface area contributed by atoms with Crippen LogP contribution < -0.4 is 16.4 Å². The molecule has 0 unspecified atom stereocenters. The van der Waals surface area contributed by atoms with Crippen LogP contribution in [0.3, 0.4) is 0 Å². The Balaban J connectivity index is 0.00000484. The first-order valence-corrected chi connectivity index (χ1v) is 7.50. The number of nitrogens with one attached hydrogen (secondary N) is 2. The SMILES string of the molecule is Cc1cc(NC(=O)[C@@H](N)C(C)(C)C)ccc1C(=O)NC(C)C.Cl. The number of hydrogen-bond donors (Lipinski definition) is 3. The Labute approximate surface area is 144 Å². The molecule has 4 N–H and O–H groups in total. The van der Waals surface area contributed by atoms with E-state index in [0.29, 0.717) is 11.3 Å². The highest BCUT2D eigenvalue weighted by Gasteiger charge is 2.27. The molecule has 23 heavy (non-hydrogen) atoms. The number of aryl methyl sites for hydroxylation is 1. The van der Waals surface area contributed by atoms with Crippen LogP contribution in [0.5, 0.6) is 0 Å². The zero-order chi connectivity index (χ0) is 17.1. The van der Waals surface area contributed by atoms with Crippen LogP contribution in [0.15, 0.2) is 18.2 Å². The molecule has 2 amide bonds. The van der Waals surface area contributed by atoms with E-state index >= 15 is 0 Å². The molecule has 0 aliphatic rings. The molecular weight excluding hydrogens is 314 g/mol. The fraction of sp³-hybridized carbons (Fsp3) is 0.529. The van der Waals surface area contributed by atoms with Crippen LogP contribution in [-0.2, 0) is 4.79 Å². The maximum atomic E-state index is 12.1. The van der Waals surface area contributed by atoms with Gasteiger partial charge in [0.2, 0.25) is 5.91 Å². The van der Waals surface area contributed by atoms with Crippen molar-refractivity contribution in [2.75, 3.05) is 5.32 Å². The molecule has 1 atom stereocenters. The van der Waals surface area contributed by atoms with Gasteiger partial charge in [-0.15, -0.1) is 12.4 Å². The van der Waals surface area contributed by atoms with Gasteiger partial charge in [0.25, 0.3) is 5.91 Å². The molecule has 1 aromatic rings. The molecule has 1 rings (SSSR count). The molecule has 0 aliphatic heterocycles. The summed E-state index contributed by atoms with van der Waals surface area (Å²) in [5.41, 5.74) is 7.68. The number of halogens is 1. The highest BCUT2D eigenvalue weighted by atomic mass is 35.5. The van der Waals surface area contributed by atoms with Crippen molar-refractivity contribution in [1.29, 1.82) is 0 Å². The molecule has 130 valence electrons. The normalized spacial score (nSPS) is 12.3. The van der Waals surface area contributed by atoms with Gasteiger partial charge in [-0.2, -0.15) is 0 Å². The smallest absolute Gasteiger partial charge is 0.251 e. The van der Waals surface area contributed by atoms with Gasteiger partial charge in [-0.3, -0.25) is 9.59 Å². The van der Waals surface area contributed by atoms with Gasteiger partial charge in [0.15, 0.2) is 0 Å². The molecule has 1 aromatic carbocycles. The van der Waals surface area contributed by atoms with Crippen LogP contribution in [0.1, 0.15) is 50.5 Å². The molecule has 0 spiro atoms. The van der Waals surface area contributed by atoms with Crippen molar-refractivity contribution in [3.63, 3.8) is 0 Å². The summed E-state index contributed by atoms with van der Waals surface area (Å²) < 4.78 is 0. The number of anilines is 1. The molecule has 6 heteroatoms. The maximum Gasteiger partial charge on any atom is 0.251 e. The maximum absolute atomic E-state index is 12.1. The molecule has 0 aliphatic carbocycles. The minimum absolute atomic E-state index is 0. The molecule has 0 saturated heterocycles. The van der Waals surface area contributed by atoms with E-state index in [-0.39, 0.29) is 35.7 Å². The van der Waals surface area contributed by atoms with E-state index in [1.165, 1.54) is 0 Å². The van der Waals surface area contributed by atoms with Gasteiger partial charge < -0.3 is 16.4 Å². The lowest BCUT2D eigenvalue weighted by Gasteiger charge is -2.25. The van der Waals surface area contributed by atoms with E-state index in [9.17, 15) is 9.59 Å². The zero-order valence-electron chi connectivity index (χ0n) is 14.7. The van der Waals surface area contributed by atoms with Crippen LogP contribution in [0.4, 0.5) is 5.69 Å². The third-order valence-electron chi connectivity index (χ3n) is 3.37. The summed E-state index contributed by atoms with van der Waals surface area (Å²) in [5.74, 6) is -0.344. The van der Waals surface area contributed by atoms with E-state index in [2.05, 4.69) is 10.6 Å². The van der Waals surface area contributed by atoms with Crippen molar-refractivity contribution >= 4 is 29.9 Å². The first-order chi connectivity index (χ1) is 10.0. The van der Waals surface area contributed by atoms with Crippen molar-refractivity contribution in [2.45, 2.75) is 53.6 Å². The monoisotopic (exact) mass is 341 g/mol. The Morgan fingerprint density at radius 1 is 1.17 bits per heavy atom. The molecule has 0 saturated carbocycles. The molecule has 5 nitrogen and oxygen atoms in total. The predicted molar refractivity (Wildman–Crippen MR) is 97.1 cm³/mol. The lowest BCUT2D eigenvalue weighted by Crippen LogP contribution is -2.45. The first-order valence-electron chi connectivity index (χ1n) is 7.50. The zero-order valence-corrected chi connectivity index (χ0v) is 15.5. The summed E-state index contributed by atoms with van der Waals surface area (Å²) in [4.78, 5) is 24.1. The third-order valence-corrected chi connectivity index (χ3v) is 3.37. The summed E-state index contributed by atoms with van der Waals surface area (Å²) in [6.45, 7) is 11.4. The van der Waals surface area contributed by atoms with Crippen LogP contribution >= 0.6 is 12.4 Å². The molecule has 0 bridgehead atoms. The quantitative estimate of drug-likeness (QED) is 0.787. The Hall–Kier alpha value is -1.59. The van der Waals surface area contributed by atoms with E-state index in [0.717, 1.165) is 5.56 Å². The summed E-state index contributed by atoms with van der Waals surface area (Å²) in [7, 11) is 0. The molecule has 0 heterocycles. The second kappa shape index (κ2) is 8.31. The van der Waals surface area contributed by atoms with E-state index in [1.807, 2.05) is 41.5 Å². The van der Waals surface area contributed by atoms with Crippen molar-refractivity contribution in [2.24, 2.45) is 11.1 Å². The predicted octanol–water partition coefficient (Wildman–Crippen LogP) is 2.87. The van der Waals surface area contributed by atoms with Crippen LogP contribution in [0.2, 0.25) is 0 Å². The lowest BCUT2D eigenvalue weighted by molar-refractivity contribution is -0.119. The Morgan fingerprint density at radius 3 is 2.17 bits per heavy atom. The Kier molecular flexibility index (Phi) is 7.74. The molecule has 0 radical (unpaired) electrons. The van der Waals surface area contributed by atoms with Crippen LogP contribution in [0, 0.1) is 12.3 Å². The van der Waals surface area contributed by atoms with Gasteiger partial charge >= 0.3 is 0 Å².